The lowest BCUT2D eigenvalue weighted by Crippen LogP contribution is -2.59. The molecule has 138 valence electrons. The summed E-state index contributed by atoms with van der Waals surface area (Å²) in [5.41, 5.74) is 2.47. The van der Waals surface area contributed by atoms with Crippen LogP contribution in [-0.2, 0) is 13.5 Å². The second-order valence-corrected chi connectivity index (χ2v) is 6.81. The second-order valence-electron chi connectivity index (χ2n) is 6.81. The molecule has 0 bridgehead atoms. The van der Waals surface area contributed by atoms with Crippen molar-refractivity contribution in [2.45, 2.75) is 19.4 Å². The van der Waals surface area contributed by atoms with Crippen LogP contribution in [0.15, 0.2) is 25.0 Å². The number of rotatable bonds is 4. The van der Waals surface area contributed by atoms with Crippen molar-refractivity contribution in [1.82, 2.24) is 39.1 Å². The standard InChI is InChI=1S/C17H20N10/c1-4-12-22-23-17-16(18-5-6-27(12)17)26-7-11(8-26)25(3)15-13-14(19-9-20-15)24(2)10-21-13/h5-6,9-11H,4,7-8H2,1-3H3. The predicted molar refractivity (Wildman–Crippen MR) is 101 cm³/mol. The Bertz CT molecular complexity index is 1120. The third-order valence-electron chi connectivity index (χ3n) is 5.22. The highest BCUT2D eigenvalue weighted by Gasteiger charge is 2.34. The van der Waals surface area contributed by atoms with E-state index < -0.39 is 0 Å². The molecule has 0 saturated carbocycles. The van der Waals surface area contributed by atoms with Gasteiger partial charge in [0.05, 0.1) is 12.4 Å². The Kier molecular flexibility index (Phi) is 3.46. The zero-order chi connectivity index (χ0) is 18.5. The van der Waals surface area contributed by atoms with Gasteiger partial charge in [0.25, 0.3) is 0 Å². The van der Waals surface area contributed by atoms with Crippen LogP contribution in [-0.4, -0.2) is 65.3 Å². The highest BCUT2D eigenvalue weighted by molar-refractivity contribution is 5.83. The number of fused-ring (bicyclic) bond motifs is 2. The minimum atomic E-state index is 0.320. The monoisotopic (exact) mass is 364 g/mol. The van der Waals surface area contributed by atoms with Crippen LogP contribution in [0.2, 0.25) is 0 Å². The van der Waals surface area contributed by atoms with E-state index >= 15 is 0 Å². The number of aromatic nitrogens is 8. The third kappa shape index (κ3) is 2.32. The minimum Gasteiger partial charge on any atom is -0.351 e. The first kappa shape index (κ1) is 15.9. The fourth-order valence-corrected chi connectivity index (χ4v) is 3.56. The Hall–Kier alpha value is -3.30. The van der Waals surface area contributed by atoms with E-state index in [1.54, 1.807) is 12.7 Å². The zero-order valence-corrected chi connectivity index (χ0v) is 15.5. The van der Waals surface area contributed by atoms with E-state index in [0.717, 1.165) is 53.8 Å². The van der Waals surface area contributed by atoms with Gasteiger partial charge < -0.3 is 14.4 Å². The first-order chi connectivity index (χ1) is 13.2. The molecule has 10 heteroatoms. The summed E-state index contributed by atoms with van der Waals surface area (Å²) in [6, 6.07) is 0.320. The Morgan fingerprint density at radius 1 is 1.11 bits per heavy atom. The highest BCUT2D eigenvalue weighted by Crippen LogP contribution is 2.28. The van der Waals surface area contributed by atoms with Crippen molar-refractivity contribution in [3.05, 3.63) is 30.9 Å². The van der Waals surface area contributed by atoms with Crippen LogP contribution >= 0.6 is 0 Å². The maximum absolute atomic E-state index is 4.54. The van der Waals surface area contributed by atoms with E-state index in [9.17, 15) is 0 Å². The van der Waals surface area contributed by atoms with Crippen LogP contribution in [0.25, 0.3) is 16.8 Å². The van der Waals surface area contributed by atoms with E-state index in [-0.39, 0.29) is 0 Å². The number of nitrogens with zero attached hydrogens (tertiary/aromatic N) is 10. The van der Waals surface area contributed by atoms with Gasteiger partial charge in [-0.2, -0.15) is 0 Å². The molecule has 5 rings (SSSR count). The molecule has 0 amide bonds. The molecule has 1 aliphatic heterocycles. The molecule has 1 fully saturated rings. The molecule has 1 aliphatic rings. The van der Waals surface area contributed by atoms with Crippen molar-refractivity contribution in [2.24, 2.45) is 7.05 Å². The van der Waals surface area contributed by atoms with Crippen molar-refractivity contribution >= 4 is 28.4 Å². The quantitative estimate of drug-likeness (QED) is 0.522. The van der Waals surface area contributed by atoms with Crippen LogP contribution in [0.1, 0.15) is 12.7 Å². The number of likely N-dealkylation sites (N-methyl/N-ethyl adjacent to an activating group) is 1. The van der Waals surface area contributed by atoms with E-state index in [1.807, 2.05) is 28.4 Å². The topological polar surface area (TPSA) is 93.2 Å². The number of aryl methyl sites for hydroxylation is 2. The Morgan fingerprint density at radius 3 is 2.78 bits per heavy atom. The molecule has 0 radical (unpaired) electrons. The molecule has 0 spiro atoms. The molecule has 0 aliphatic carbocycles. The lowest BCUT2D eigenvalue weighted by atomic mass is 10.1. The van der Waals surface area contributed by atoms with Gasteiger partial charge in [0.2, 0.25) is 5.65 Å². The second kappa shape index (κ2) is 5.86. The average molecular weight is 364 g/mol. The lowest BCUT2D eigenvalue weighted by molar-refractivity contribution is 0.490. The van der Waals surface area contributed by atoms with Crippen molar-refractivity contribution in [1.29, 1.82) is 0 Å². The average Bonchev–Trinajstić information content (AvgIpc) is 3.24. The first-order valence-corrected chi connectivity index (χ1v) is 8.95. The molecular formula is C17H20N10. The summed E-state index contributed by atoms with van der Waals surface area (Å²) < 4.78 is 3.92. The molecule has 0 N–H and O–H groups in total. The molecule has 0 atom stereocenters. The summed E-state index contributed by atoms with van der Waals surface area (Å²) in [6.07, 6.45) is 7.93. The highest BCUT2D eigenvalue weighted by atomic mass is 15.4. The van der Waals surface area contributed by atoms with Crippen LogP contribution in [0.5, 0.6) is 0 Å². The Labute approximate surface area is 155 Å². The van der Waals surface area contributed by atoms with E-state index in [0.29, 0.717) is 6.04 Å². The van der Waals surface area contributed by atoms with Gasteiger partial charge in [0.1, 0.15) is 12.2 Å². The molecule has 0 unspecified atom stereocenters. The van der Waals surface area contributed by atoms with Gasteiger partial charge in [-0.3, -0.25) is 4.40 Å². The molecule has 0 aromatic carbocycles. The summed E-state index contributed by atoms with van der Waals surface area (Å²) >= 11 is 0. The molecule has 4 aromatic heterocycles. The van der Waals surface area contributed by atoms with Crippen molar-refractivity contribution in [3.63, 3.8) is 0 Å². The third-order valence-corrected chi connectivity index (χ3v) is 5.22. The van der Waals surface area contributed by atoms with E-state index in [2.05, 4.69) is 53.9 Å². The van der Waals surface area contributed by atoms with Crippen molar-refractivity contribution < 1.29 is 0 Å². The van der Waals surface area contributed by atoms with Gasteiger partial charge >= 0.3 is 0 Å². The summed E-state index contributed by atoms with van der Waals surface area (Å²) in [6.45, 7) is 3.76. The molecule has 1 saturated heterocycles. The van der Waals surface area contributed by atoms with Crippen LogP contribution in [0.3, 0.4) is 0 Å². The molecule has 5 heterocycles. The zero-order valence-electron chi connectivity index (χ0n) is 15.5. The number of imidazole rings is 1. The normalized spacial score (nSPS) is 14.9. The molecule has 10 nitrogen and oxygen atoms in total. The number of hydrogen-bond donors (Lipinski definition) is 0. The summed E-state index contributed by atoms with van der Waals surface area (Å²) in [4.78, 5) is 22.2. The smallest absolute Gasteiger partial charge is 0.203 e. The fraction of sp³-hybridized carbons (Fsp3) is 0.412. The fourth-order valence-electron chi connectivity index (χ4n) is 3.56. The van der Waals surface area contributed by atoms with Crippen molar-refractivity contribution in [3.8, 4) is 0 Å². The van der Waals surface area contributed by atoms with Crippen molar-refractivity contribution in [2.75, 3.05) is 29.9 Å². The van der Waals surface area contributed by atoms with Crippen LogP contribution < -0.4 is 9.80 Å². The summed E-state index contributed by atoms with van der Waals surface area (Å²) in [5.74, 6) is 2.67. The van der Waals surface area contributed by atoms with E-state index in [4.69, 9.17) is 0 Å². The summed E-state index contributed by atoms with van der Waals surface area (Å²) in [5, 5.41) is 8.59. The number of hydrogen-bond acceptors (Lipinski definition) is 8. The van der Waals surface area contributed by atoms with Crippen LogP contribution in [0.4, 0.5) is 11.6 Å². The minimum absolute atomic E-state index is 0.320. The SMILES string of the molecule is CCc1nnc2c(N3CC(N(C)c4ncnc5c4ncn5C)C3)nccn12. The number of anilines is 2. The van der Waals surface area contributed by atoms with Crippen LogP contribution in [0, 0.1) is 0 Å². The van der Waals surface area contributed by atoms with Gasteiger partial charge in [0.15, 0.2) is 22.8 Å². The van der Waals surface area contributed by atoms with Gasteiger partial charge in [-0.15, -0.1) is 10.2 Å². The lowest BCUT2D eigenvalue weighted by Gasteiger charge is -2.44. The van der Waals surface area contributed by atoms with Gasteiger partial charge in [-0.25, -0.2) is 19.9 Å². The van der Waals surface area contributed by atoms with Gasteiger partial charge in [-0.05, 0) is 0 Å². The van der Waals surface area contributed by atoms with E-state index in [1.165, 1.54) is 0 Å². The summed E-state index contributed by atoms with van der Waals surface area (Å²) in [7, 11) is 3.99. The molecule has 4 aromatic rings. The predicted octanol–water partition coefficient (Wildman–Crippen LogP) is 0.688. The first-order valence-electron chi connectivity index (χ1n) is 8.95. The molecular weight excluding hydrogens is 344 g/mol. The Balaban J connectivity index is 1.40. The maximum Gasteiger partial charge on any atom is 0.203 e. The maximum atomic E-state index is 4.54. The largest absolute Gasteiger partial charge is 0.351 e. The van der Waals surface area contributed by atoms with Gasteiger partial charge in [0, 0.05) is 46.0 Å². The Morgan fingerprint density at radius 2 is 1.96 bits per heavy atom. The molecule has 27 heavy (non-hydrogen) atoms. The van der Waals surface area contributed by atoms with Gasteiger partial charge in [-0.1, -0.05) is 6.92 Å².